The molecular formula is C24H26F2N4O3S. The van der Waals surface area contributed by atoms with Gasteiger partial charge in [0.25, 0.3) is 10.0 Å². The van der Waals surface area contributed by atoms with Crippen molar-refractivity contribution in [2.75, 3.05) is 10.0 Å². The van der Waals surface area contributed by atoms with Crippen molar-refractivity contribution in [1.29, 1.82) is 0 Å². The molecule has 2 fully saturated rings. The molecule has 2 aliphatic rings. The lowest BCUT2D eigenvalue weighted by Crippen LogP contribution is -2.28. The van der Waals surface area contributed by atoms with E-state index in [9.17, 15) is 12.8 Å². The molecule has 0 radical (unpaired) electrons. The van der Waals surface area contributed by atoms with E-state index < -0.39 is 20.7 Å². The zero-order chi connectivity index (χ0) is 23.9. The summed E-state index contributed by atoms with van der Waals surface area (Å²) < 4.78 is 61.7. The van der Waals surface area contributed by atoms with Gasteiger partial charge in [0.15, 0.2) is 5.82 Å². The Hall–Kier alpha value is -2.98. The summed E-state index contributed by atoms with van der Waals surface area (Å²) in [5, 5.41) is 6.58. The second-order valence-electron chi connectivity index (χ2n) is 8.91. The Balaban J connectivity index is 1.34. The van der Waals surface area contributed by atoms with Gasteiger partial charge in [-0.3, -0.25) is 9.62 Å². The van der Waals surface area contributed by atoms with Crippen LogP contribution in [0.15, 0.2) is 52.1 Å². The topological polar surface area (TPSA) is 87.5 Å². The summed E-state index contributed by atoms with van der Waals surface area (Å²) in [7, 11) is -4.19. The maximum absolute atomic E-state index is 15.1. The molecule has 2 N–H and O–H groups in total. The van der Waals surface area contributed by atoms with Crippen molar-refractivity contribution in [3.05, 3.63) is 71.0 Å². The number of halogens is 2. The summed E-state index contributed by atoms with van der Waals surface area (Å²) in [6, 6.07) is 10.2. The molecule has 7 nitrogen and oxygen atoms in total. The molecular weight excluding hydrogens is 462 g/mol. The SMILES string of the molecule is Cc1c(NCc2c(F)cccc2CN2C3CCC2CC3)ccc(S(=O)(=O)Nc2ccon2)c1F. The number of benzene rings is 2. The van der Waals surface area contributed by atoms with Crippen LogP contribution in [0.1, 0.15) is 42.4 Å². The number of nitrogens with zero attached hydrogens (tertiary/aromatic N) is 2. The van der Waals surface area contributed by atoms with Gasteiger partial charge in [0.05, 0.1) is 0 Å². The number of rotatable bonds is 8. The lowest BCUT2D eigenvalue weighted by atomic mass is 10.0. The van der Waals surface area contributed by atoms with E-state index in [0.717, 1.165) is 5.56 Å². The second kappa shape index (κ2) is 8.99. The van der Waals surface area contributed by atoms with Crippen molar-refractivity contribution in [1.82, 2.24) is 10.1 Å². The zero-order valence-electron chi connectivity index (χ0n) is 18.7. The first-order valence-corrected chi connectivity index (χ1v) is 12.8. The third kappa shape index (κ3) is 4.27. The molecule has 0 aliphatic carbocycles. The first-order chi connectivity index (χ1) is 16.3. The van der Waals surface area contributed by atoms with Gasteiger partial charge in [-0.05, 0) is 56.4 Å². The summed E-state index contributed by atoms with van der Waals surface area (Å²) in [6.45, 7) is 2.34. The summed E-state index contributed by atoms with van der Waals surface area (Å²) in [4.78, 5) is 1.97. The normalized spacial score (nSPS) is 20.1. The number of nitrogens with one attached hydrogen (secondary N) is 2. The third-order valence-electron chi connectivity index (χ3n) is 6.95. The van der Waals surface area contributed by atoms with Crippen LogP contribution in [0.2, 0.25) is 0 Å². The van der Waals surface area contributed by atoms with E-state index in [0.29, 0.717) is 29.9 Å². The molecule has 34 heavy (non-hydrogen) atoms. The quantitative estimate of drug-likeness (QED) is 0.474. The molecule has 0 spiro atoms. The van der Waals surface area contributed by atoms with Crippen LogP contribution in [-0.2, 0) is 23.1 Å². The van der Waals surface area contributed by atoms with Gasteiger partial charge in [-0.1, -0.05) is 17.3 Å². The van der Waals surface area contributed by atoms with E-state index in [-0.39, 0.29) is 23.7 Å². The van der Waals surface area contributed by atoms with Crippen molar-refractivity contribution in [3.63, 3.8) is 0 Å². The third-order valence-corrected chi connectivity index (χ3v) is 8.32. The number of hydrogen-bond acceptors (Lipinski definition) is 6. The van der Waals surface area contributed by atoms with Crippen molar-refractivity contribution < 1.29 is 21.7 Å². The summed E-state index contributed by atoms with van der Waals surface area (Å²) in [5.41, 5.74) is 1.98. The Morgan fingerprint density at radius 3 is 2.50 bits per heavy atom. The van der Waals surface area contributed by atoms with Crippen molar-refractivity contribution in [3.8, 4) is 0 Å². The van der Waals surface area contributed by atoms with Crippen LogP contribution in [0.4, 0.5) is 20.3 Å². The van der Waals surface area contributed by atoms with Crippen LogP contribution >= 0.6 is 0 Å². The standard InChI is InChI=1S/C24H26F2N4O3S/c1-15-21(9-10-22(24(15)26)34(31,32)29-23-11-12-33-28-23)27-13-19-16(3-2-4-20(19)25)14-30-17-5-6-18(30)8-7-17/h2-4,9-12,17-18,27H,5-8,13-14H2,1H3,(H,28,29). The number of aromatic nitrogens is 1. The summed E-state index contributed by atoms with van der Waals surface area (Å²) in [6.07, 6.45) is 6.01. The molecule has 180 valence electrons. The lowest BCUT2D eigenvalue weighted by molar-refractivity contribution is 0.243. The van der Waals surface area contributed by atoms with Crippen LogP contribution in [0.25, 0.3) is 0 Å². The van der Waals surface area contributed by atoms with E-state index in [4.69, 9.17) is 0 Å². The predicted molar refractivity (Wildman–Crippen MR) is 124 cm³/mol. The van der Waals surface area contributed by atoms with Gasteiger partial charge in [0.1, 0.15) is 22.8 Å². The molecule has 10 heteroatoms. The Morgan fingerprint density at radius 2 is 1.82 bits per heavy atom. The molecule has 5 rings (SSSR count). The molecule has 3 heterocycles. The maximum Gasteiger partial charge on any atom is 0.266 e. The van der Waals surface area contributed by atoms with Crippen molar-refractivity contribution in [2.24, 2.45) is 0 Å². The number of sulfonamides is 1. The number of anilines is 2. The zero-order valence-corrected chi connectivity index (χ0v) is 19.5. The Labute approximate surface area is 197 Å². The fraction of sp³-hybridized carbons (Fsp3) is 0.375. The van der Waals surface area contributed by atoms with Gasteiger partial charge in [0.2, 0.25) is 0 Å². The van der Waals surface area contributed by atoms with E-state index >= 15 is 4.39 Å². The number of fused-ring (bicyclic) bond motifs is 2. The Kier molecular flexibility index (Phi) is 6.03. The summed E-state index contributed by atoms with van der Waals surface area (Å²) in [5.74, 6) is -1.24. The van der Waals surface area contributed by atoms with Gasteiger partial charge in [-0.15, -0.1) is 0 Å². The maximum atomic E-state index is 15.1. The highest BCUT2D eigenvalue weighted by Gasteiger charge is 2.39. The molecule has 0 amide bonds. The highest BCUT2D eigenvalue weighted by Crippen LogP contribution is 2.39. The molecule has 1 aromatic heterocycles. The average molecular weight is 489 g/mol. The second-order valence-corrected chi connectivity index (χ2v) is 10.6. The molecule has 0 atom stereocenters. The van der Waals surface area contributed by atoms with E-state index in [1.54, 1.807) is 6.07 Å². The summed E-state index contributed by atoms with van der Waals surface area (Å²) >= 11 is 0. The minimum Gasteiger partial charge on any atom is -0.381 e. The molecule has 2 bridgehead atoms. The smallest absolute Gasteiger partial charge is 0.266 e. The number of hydrogen-bond donors (Lipinski definition) is 2. The fourth-order valence-electron chi connectivity index (χ4n) is 5.12. The Bertz CT molecular complexity index is 1280. The molecule has 2 aliphatic heterocycles. The van der Waals surface area contributed by atoms with Crippen LogP contribution in [0.3, 0.4) is 0 Å². The first-order valence-electron chi connectivity index (χ1n) is 11.3. The van der Waals surface area contributed by atoms with E-state index in [1.807, 2.05) is 6.07 Å². The molecule has 2 saturated heterocycles. The minimum absolute atomic E-state index is 0.0437. The molecule has 0 unspecified atom stereocenters. The molecule has 0 saturated carbocycles. The van der Waals surface area contributed by atoms with Crippen molar-refractivity contribution in [2.45, 2.75) is 62.7 Å². The highest BCUT2D eigenvalue weighted by atomic mass is 32.2. The molecule has 3 aromatic rings. The largest absolute Gasteiger partial charge is 0.381 e. The minimum atomic E-state index is -4.19. The van der Waals surface area contributed by atoms with E-state index in [1.165, 1.54) is 63.1 Å². The van der Waals surface area contributed by atoms with Gasteiger partial charge in [-0.25, -0.2) is 17.2 Å². The first kappa shape index (κ1) is 22.8. The fourth-order valence-corrected chi connectivity index (χ4v) is 6.25. The van der Waals surface area contributed by atoms with Gasteiger partial charge in [0, 0.05) is 48.1 Å². The van der Waals surface area contributed by atoms with Gasteiger partial charge in [-0.2, -0.15) is 0 Å². The highest BCUT2D eigenvalue weighted by molar-refractivity contribution is 7.92. The van der Waals surface area contributed by atoms with Crippen molar-refractivity contribution >= 4 is 21.5 Å². The van der Waals surface area contributed by atoms with Crippen LogP contribution < -0.4 is 10.0 Å². The molecule has 2 aromatic carbocycles. The van der Waals surface area contributed by atoms with Crippen LogP contribution in [-0.4, -0.2) is 30.6 Å². The predicted octanol–water partition coefficient (Wildman–Crippen LogP) is 4.80. The Morgan fingerprint density at radius 1 is 1.09 bits per heavy atom. The van der Waals surface area contributed by atoms with Crippen LogP contribution in [0.5, 0.6) is 0 Å². The average Bonchev–Trinajstić information content (AvgIpc) is 3.54. The van der Waals surface area contributed by atoms with Gasteiger partial charge < -0.3 is 9.84 Å². The van der Waals surface area contributed by atoms with Gasteiger partial charge >= 0.3 is 0 Å². The van der Waals surface area contributed by atoms with Crippen LogP contribution in [0, 0.1) is 18.6 Å². The monoisotopic (exact) mass is 488 g/mol. The lowest BCUT2D eigenvalue weighted by Gasteiger charge is -2.23. The van der Waals surface area contributed by atoms with E-state index in [2.05, 4.69) is 24.6 Å².